The minimum absolute atomic E-state index is 0.00493. The third kappa shape index (κ3) is 6.92. The molecule has 1 atom stereocenters. The van der Waals surface area contributed by atoms with E-state index in [-0.39, 0.29) is 41.7 Å². The minimum Gasteiger partial charge on any atom is -0.457 e. The van der Waals surface area contributed by atoms with E-state index in [0.717, 1.165) is 32.5 Å². The number of nitrogens with one attached hydrogen (secondary N) is 2. The van der Waals surface area contributed by atoms with E-state index in [1.54, 1.807) is 12.1 Å². The van der Waals surface area contributed by atoms with Gasteiger partial charge >= 0.3 is 0 Å². The number of likely N-dealkylation sites (tertiary alicyclic amines) is 1. The Morgan fingerprint density at radius 3 is 2.37 bits per heavy atom. The van der Waals surface area contributed by atoms with Crippen LogP contribution >= 0.6 is 0 Å². The number of ether oxygens (including phenoxy) is 1. The Bertz CT molecular complexity index is 1390. The molecule has 3 amide bonds. The van der Waals surface area contributed by atoms with Gasteiger partial charge in [0, 0.05) is 25.7 Å². The van der Waals surface area contributed by atoms with Crippen molar-refractivity contribution in [1.29, 1.82) is 0 Å². The van der Waals surface area contributed by atoms with Crippen LogP contribution < -0.4 is 15.4 Å². The van der Waals surface area contributed by atoms with E-state index in [9.17, 15) is 18.8 Å². The zero-order chi connectivity index (χ0) is 28.9. The molecule has 2 heterocycles. The summed E-state index contributed by atoms with van der Waals surface area (Å²) >= 11 is 0. The smallest absolute Gasteiger partial charge is 0.257 e. The fourth-order valence-electron chi connectivity index (χ4n) is 5.47. The number of amides is 3. The molecule has 0 saturated carbocycles. The largest absolute Gasteiger partial charge is 0.457 e. The molecule has 0 aliphatic carbocycles. The lowest BCUT2D eigenvalue weighted by Gasteiger charge is -2.36. The van der Waals surface area contributed by atoms with Gasteiger partial charge in [-0.15, -0.1) is 0 Å². The average molecular weight is 559 g/mol. The van der Waals surface area contributed by atoms with Gasteiger partial charge in [0.05, 0.1) is 11.3 Å². The van der Waals surface area contributed by atoms with E-state index in [0.29, 0.717) is 17.2 Å². The average Bonchev–Trinajstić information content (AvgIpc) is 3.07. The molecular weight excluding hydrogens is 523 g/mol. The van der Waals surface area contributed by atoms with E-state index in [1.165, 1.54) is 40.8 Å². The van der Waals surface area contributed by atoms with Crippen LogP contribution in [0.2, 0.25) is 0 Å². The van der Waals surface area contributed by atoms with Crippen molar-refractivity contribution in [3.05, 3.63) is 89.7 Å². The van der Waals surface area contributed by atoms with Gasteiger partial charge in [-0.3, -0.25) is 19.3 Å². The first-order valence-corrected chi connectivity index (χ1v) is 14.0. The number of fused-ring (bicyclic) bond motifs is 1. The number of hydrogen-bond donors (Lipinski definition) is 2. The molecule has 2 aliphatic heterocycles. The van der Waals surface area contributed by atoms with Crippen LogP contribution in [-0.2, 0) is 16.1 Å². The standard InChI is InChI=1S/C32H35FN4O4/c1-21(2)30(31(39)34-24-14-16-36(17-15-24)19-22-6-4-3-5-7-22)37-20-29(38)35-28-13-12-26(18-27(28)32(37)40)41-25-10-8-23(33)9-11-25/h3-13,18,21,24,30H,14-17,19-20H2,1-2H3,(H,34,39)(H,35,38)/t30-/m1/s1. The highest BCUT2D eigenvalue weighted by Crippen LogP contribution is 2.30. The highest BCUT2D eigenvalue weighted by molar-refractivity contribution is 6.10. The Morgan fingerprint density at radius 1 is 1.00 bits per heavy atom. The van der Waals surface area contributed by atoms with Gasteiger partial charge < -0.3 is 20.3 Å². The molecule has 0 unspecified atom stereocenters. The molecule has 3 aromatic rings. The SMILES string of the molecule is CC(C)[C@H](C(=O)NC1CCN(Cc2ccccc2)CC1)N1CC(=O)Nc2ccc(Oc3ccc(F)cc3)cc2C1=O. The molecule has 8 nitrogen and oxygen atoms in total. The van der Waals surface area contributed by atoms with E-state index >= 15 is 0 Å². The molecule has 0 aromatic heterocycles. The molecule has 0 radical (unpaired) electrons. The Hall–Kier alpha value is -4.24. The highest BCUT2D eigenvalue weighted by atomic mass is 19.1. The molecule has 2 N–H and O–H groups in total. The Labute approximate surface area is 239 Å². The molecule has 1 saturated heterocycles. The summed E-state index contributed by atoms with van der Waals surface area (Å²) in [5, 5.41) is 5.94. The molecule has 3 aromatic carbocycles. The summed E-state index contributed by atoms with van der Waals surface area (Å²) in [4.78, 5) is 44.0. The molecule has 5 rings (SSSR count). The summed E-state index contributed by atoms with van der Waals surface area (Å²) in [5.74, 6) is -0.930. The summed E-state index contributed by atoms with van der Waals surface area (Å²) in [6, 6.07) is 19.8. The quantitative estimate of drug-likeness (QED) is 0.414. The number of carbonyl (C=O) groups is 3. The predicted molar refractivity (Wildman–Crippen MR) is 154 cm³/mol. The molecule has 41 heavy (non-hydrogen) atoms. The van der Waals surface area contributed by atoms with E-state index in [4.69, 9.17) is 4.74 Å². The zero-order valence-electron chi connectivity index (χ0n) is 23.3. The van der Waals surface area contributed by atoms with Crippen molar-refractivity contribution >= 4 is 23.4 Å². The topological polar surface area (TPSA) is 91.0 Å². The first-order chi connectivity index (χ1) is 19.8. The van der Waals surface area contributed by atoms with Crippen LogP contribution in [0.25, 0.3) is 0 Å². The van der Waals surface area contributed by atoms with Crippen LogP contribution in [0.1, 0.15) is 42.6 Å². The number of halogens is 1. The van der Waals surface area contributed by atoms with Crippen molar-refractivity contribution in [2.24, 2.45) is 5.92 Å². The first kappa shape index (κ1) is 28.3. The summed E-state index contributed by atoms with van der Waals surface area (Å²) in [7, 11) is 0. The van der Waals surface area contributed by atoms with Crippen LogP contribution in [0.5, 0.6) is 11.5 Å². The molecule has 2 aliphatic rings. The second-order valence-corrected chi connectivity index (χ2v) is 11.0. The molecular formula is C32H35FN4O4. The normalized spacial score (nSPS) is 17.0. The molecule has 9 heteroatoms. The van der Waals surface area contributed by atoms with Gasteiger partial charge in [0.1, 0.15) is 29.9 Å². The van der Waals surface area contributed by atoms with Crippen molar-refractivity contribution in [3.8, 4) is 11.5 Å². The Morgan fingerprint density at radius 2 is 1.68 bits per heavy atom. The van der Waals surface area contributed by atoms with Gasteiger partial charge in [0.15, 0.2) is 0 Å². The van der Waals surface area contributed by atoms with Crippen molar-refractivity contribution in [3.63, 3.8) is 0 Å². The summed E-state index contributed by atoms with van der Waals surface area (Å²) < 4.78 is 19.1. The molecule has 214 valence electrons. The monoisotopic (exact) mass is 558 g/mol. The van der Waals surface area contributed by atoms with E-state index in [1.807, 2.05) is 32.0 Å². The van der Waals surface area contributed by atoms with Crippen molar-refractivity contribution in [1.82, 2.24) is 15.1 Å². The van der Waals surface area contributed by atoms with Gasteiger partial charge in [-0.05, 0) is 66.8 Å². The summed E-state index contributed by atoms with van der Waals surface area (Å²) in [6.07, 6.45) is 1.62. The van der Waals surface area contributed by atoms with Crippen LogP contribution in [0.15, 0.2) is 72.8 Å². The van der Waals surface area contributed by atoms with Crippen LogP contribution in [0, 0.1) is 11.7 Å². The second-order valence-electron chi connectivity index (χ2n) is 11.0. The van der Waals surface area contributed by atoms with Crippen molar-refractivity contribution in [2.45, 2.75) is 45.3 Å². The predicted octanol–water partition coefficient (Wildman–Crippen LogP) is 4.82. The lowest BCUT2D eigenvalue weighted by molar-refractivity contribution is -0.129. The number of carbonyl (C=O) groups excluding carboxylic acids is 3. The van der Waals surface area contributed by atoms with Gasteiger partial charge in [-0.25, -0.2) is 4.39 Å². The van der Waals surface area contributed by atoms with Crippen LogP contribution in [0.3, 0.4) is 0 Å². The molecule has 1 fully saturated rings. The lowest BCUT2D eigenvalue weighted by atomic mass is 9.98. The van der Waals surface area contributed by atoms with Gasteiger partial charge in [-0.2, -0.15) is 0 Å². The maximum Gasteiger partial charge on any atom is 0.257 e. The van der Waals surface area contributed by atoms with Gasteiger partial charge in [0.25, 0.3) is 5.91 Å². The number of hydrogen-bond acceptors (Lipinski definition) is 5. The second kappa shape index (κ2) is 12.5. The van der Waals surface area contributed by atoms with E-state index in [2.05, 4.69) is 27.7 Å². The number of anilines is 1. The van der Waals surface area contributed by atoms with Gasteiger partial charge in [-0.1, -0.05) is 44.2 Å². The number of benzene rings is 3. The highest BCUT2D eigenvalue weighted by Gasteiger charge is 2.38. The Balaban J connectivity index is 1.28. The van der Waals surface area contributed by atoms with Crippen molar-refractivity contribution < 1.29 is 23.5 Å². The summed E-state index contributed by atoms with van der Waals surface area (Å²) in [6.45, 7) is 6.10. The van der Waals surface area contributed by atoms with Crippen molar-refractivity contribution in [2.75, 3.05) is 25.0 Å². The van der Waals surface area contributed by atoms with Gasteiger partial charge in [0.2, 0.25) is 11.8 Å². The summed E-state index contributed by atoms with van der Waals surface area (Å²) in [5.41, 5.74) is 1.84. The Kier molecular flexibility index (Phi) is 8.64. The number of nitrogens with zero attached hydrogens (tertiary/aromatic N) is 2. The molecule has 0 bridgehead atoms. The third-order valence-corrected chi connectivity index (χ3v) is 7.54. The molecule has 0 spiro atoms. The zero-order valence-corrected chi connectivity index (χ0v) is 23.3. The van der Waals surface area contributed by atoms with Crippen LogP contribution in [-0.4, -0.2) is 59.2 Å². The number of piperidine rings is 1. The fourth-order valence-corrected chi connectivity index (χ4v) is 5.47. The first-order valence-electron chi connectivity index (χ1n) is 14.0. The van der Waals surface area contributed by atoms with E-state index < -0.39 is 11.9 Å². The lowest BCUT2D eigenvalue weighted by Crippen LogP contribution is -2.56. The minimum atomic E-state index is -0.830. The van der Waals surface area contributed by atoms with Crippen LogP contribution in [0.4, 0.5) is 10.1 Å². The number of rotatable bonds is 8. The third-order valence-electron chi connectivity index (χ3n) is 7.54. The maximum atomic E-state index is 13.8. The maximum absolute atomic E-state index is 13.8. The fraction of sp³-hybridized carbons (Fsp3) is 0.344.